The molecule has 96 valence electrons. The van der Waals surface area contributed by atoms with Crippen molar-refractivity contribution in [3.05, 3.63) is 29.3 Å². The number of halogens is 2. The third kappa shape index (κ3) is 3.33. The largest absolute Gasteiger partial charge is 0.494 e. The van der Waals surface area contributed by atoms with Gasteiger partial charge < -0.3 is 10.1 Å². The number of methoxy groups -OCH3 is 1. The van der Waals surface area contributed by atoms with Crippen molar-refractivity contribution in [3.8, 4) is 5.75 Å². The van der Waals surface area contributed by atoms with E-state index in [9.17, 15) is 8.78 Å². The van der Waals surface area contributed by atoms with Crippen molar-refractivity contribution in [2.24, 2.45) is 0 Å². The lowest BCUT2D eigenvalue weighted by atomic mass is 9.84. The SMILES string of the molecule is COc1cc(F)c(C(C)(C)CNCS)cc1F. The van der Waals surface area contributed by atoms with E-state index in [0.29, 0.717) is 18.0 Å². The van der Waals surface area contributed by atoms with E-state index in [1.165, 1.54) is 13.2 Å². The minimum Gasteiger partial charge on any atom is -0.494 e. The maximum Gasteiger partial charge on any atom is 0.165 e. The second kappa shape index (κ2) is 5.69. The molecule has 17 heavy (non-hydrogen) atoms. The maximum atomic E-state index is 13.8. The van der Waals surface area contributed by atoms with E-state index < -0.39 is 17.0 Å². The molecule has 1 rings (SSSR count). The van der Waals surface area contributed by atoms with Crippen molar-refractivity contribution >= 4 is 12.6 Å². The van der Waals surface area contributed by atoms with E-state index in [1.807, 2.05) is 13.8 Å². The van der Waals surface area contributed by atoms with Gasteiger partial charge in [-0.2, -0.15) is 12.6 Å². The van der Waals surface area contributed by atoms with Gasteiger partial charge in [-0.15, -0.1) is 0 Å². The fourth-order valence-corrected chi connectivity index (χ4v) is 1.78. The number of benzene rings is 1. The molecule has 0 amide bonds. The molecule has 0 heterocycles. The van der Waals surface area contributed by atoms with Gasteiger partial charge in [0.2, 0.25) is 0 Å². The fourth-order valence-electron chi connectivity index (χ4n) is 1.67. The van der Waals surface area contributed by atoms with Crippen LogP contribution in [0.15, 0.2) is 12.1 Å². The predicted molar refractivity (Wildman–Crippen MR) is 67.8 cm³/mol. The van der Waals surface area contributed by atoms with Gasteiger partial charge in [-0.1, -0.05) is 13.8 Å². The van der Waals surface area contributed by atoms with Crippen LogP contribution < -0.4 is 10.1 Å². The average Bonchev–Trinajstić information content (AvgIpc) is 2.28. The highest BCUT2D eigenvalue weighted by atomic mass is 32.1. The monoisotopic (exact) mass is 261 g/mol. The Morgan fingerprint density at radius 1 is 1.29 bits per heavy atom. The van der Waals surface area contributed by atoms with Crippen LogP contribution in [0.25, 0.3) is 0 Å². The molecule has 0 aliphatic rings. The van der Waals surface area contributed by atoms with Crippen molar-refractivity contribution < 1.29 is 13.5 Å². The summed E-state index contributed by atoms with van der Waals surface area (Å²) in [5, 5.41) is 3.01. The van der Waals surface area contributed by atoms with Crippen molar-refractivity contribution in [3.63, 3.8) is 0 Å². The summed E-state index contributed by atoms with van der Waals surface area (Å²) < 4.78 is 32.1. The third-order valence-electron chi connectivity index (χ3n) is 2.65. The van der Waals surface area contributed by atoms with Gasteiger partial charge in [-0.05, 0) is 11.6 Å². The summed E-state index contributed by atoms with van der Waals surface area (Å²) in [5.74, 6) is -0.606. The molecule has 1 N–H and O–H groups in total. The lowest BCUT2D eigenvalue weighted by Gasteiger charge is -2.26. The van der Waals surface area contributed by atoms with Gasteiger partial charge in [-0.3, -0.25) is 0 Å². The first-order valence-corrected chi connectivity index (χ1v) is 5.90. The van der Waals surface area contributed by atoms with Crippen LogP contribution in [-0.2, 0) is 5.41 Å². The van der Waals surface area contributed by atoms with Crippen LogP contribution in [0, 0.1) is 11.6 Å². The van der Waals surface area contributed by atoms with E-state index in [2.05, 4.69) is 17.9 Å². The molecule has 0 unspecified atom stereocenters. The smallest absolute Gasteiger partial charge is 0.165 e. The lowest BCUT2D eigenvalue weighted by Crippen LogP contribution is -2.33. The Bertz CT molecular complexity index is 396. The number of hydrogen-bond donors (Lipinski definition) is 2. The van der Waals surface area contributed by atoms with E-state index in [1.54, 1.807) is 0 Å². The molecule has 0 fully saturated rings. The third-order valence-corrected chi connectivity index (χ3v) is 2.87. The molecule has 0 saturated carbocycles. The molecule has 0 aromatic heterocycles. The minimum absolute atomic E-state index is 0.0794. The summed E-state index contributed by atoms with van der Waals surface area (Å²) in [6.45, 7) is 4.20. The van der Waals surface area contributed by atoms with Crippen molar-refractivity contribution in [1.29, 1.82) is 0 Å². The molecule has 0 aliphatic heterocycles. The first-order chi connectivity index (χ1) is 7.92. The summed E-state index contributed by atoms with van der Waals surface area (Å²) in [4.78, 5) is 0. The molecule has 0 radical (unpaired) electrons. The van der Waals surface area contributed by atoms with Crippen LogP contribution in [0.2, 0.25) is 0 Å². The minimum atomic E-state index is -0.553. The molecule has 2 nitrogen and oxygen atoms in total. The van der Waals surface area contributed by atoms with Crippen molar-refractivity contribution in [2.45, 2.75) is 19.3 Å². The molecule has 1 aromatic carbocycles. The summed E-state index contributed by atoms with van der Waals surface area (Å²) in [6, 6.07) is 2.27. The molecular weight excluding hydrogens is 244 g/mol. The summed E-state index contributed by atoms with van der Waals surface area (Å²) in [5.41, 5.74) is -0.190. The second-order valence-corrected chi connectivity index (χ2v) is 4.75. The van der Waals surface area contributed by atoms with E-state index in [4.69, 9.17) is 4.74 Å². The molecule has 5 heteroatoms. The van der Waals surface area contributed by atoms with E-state index >= 15 is 0 Å². The molecule has 0 atom stereocenters. The molecule has 1 aromatic rings. The highest BCUT2D eigenvalue weighted by molar-refractivity contribution is 7.80. The van der Waals surface area contributed by atoms with E-state index in [-0.39, 0.29) is 5.75 Å². The molecule has 0 saturated heterocycles. The van der Waals surface area contributed by atoms with Gasteiger partial charge in [0, 0.05) is 23.9 Å². The van der Waals surface area contributed by atoms with Gasteiger partial charge in [0.15, 0.2) is 11.6 Å². The number of thiol groups is 1. The zero-order chi connectivity index (χ0) is 13.1. The van der Waals surface area contributed by atoms with Crippen molar-refractivity contribution in [1.82, 2.24) is 5.32 Å². The highest BCUT2D eigenvalue weighted by Crippen LogP contribution is 2.30. The maximum absolute atomic E-state index is 13.8. The van der Waals surface area contributed by atoms with E-state index in [0.717, 1.165) is 6.07 Å². The zero-order valence-electron chi connectivity index (χ0n) is 10.2. The fraction of sp³-hybridized carbons (Fsp3) is 0.500. The Morgan fingerprint density at radius 2 is 1.94 bits per heavy atom. The number of hydrogen-bond acceptors (Lipinski definition) is 3. The van der Waals surface area contributed by atoms with Gasteiger partial charge >= 0.3 is 0 Å². The quantitative estimate of drug-likeness (QED) is 0.628. The van der Waals surface area contributed by atoms with Crippen LogP contribution in [-0.4, -0.2) is 19.5 Å². The molecule has 0 aliphatic carbocycles. The Morgan fingerprint density at radius 3 is 2.47 bits per heavy atom. The topological polar surface area (TPSA) is 21.3 Å². The van der Waals surface area contributed by atoms with Crippen LogP contribution in [0.3, 0.4) is 0 Å². The predicted octanol–water partition coefficient (Wildman–Crippen LogP) is 2.73. The van der Waals surface area contributed by atoms with Crippen LogP contribution >= 0.6 is 12.6 Å². The van der Waals surface area contributed by atoms with Crippen molar-refractivity contribution in [2.75, 3.05) is 19.5 Å². The lowest BCUT2D eigenvalue weighted by molar-refractivity contribution is 0.377. The number of rotatable bonds is 5. The van der Waals surface area contributed by atoms with Gasteiger partial charge in [0.05, 0.1) is 7.11 Å². The number of nitrogens with one attached hydrogen (secondary N) is 1. The first kappa shape index (κ1) is 14.3. The Balaban J connectivity index is 3.09. The molecule has 0 spiro atoms. The molecular formula is C12H17F2NOS. The number of ether oxygens (including phenoxy) is 1. The first-order valence-electron chi connectivity index (χ1n) is 5.27. The Hall–Kier alpha value is -0.810. The molecule has 0 bridgehead atoms. The van der Waals surface area contributed by atoms with Crippen LogP contribution in [0.1, 0.15) is 19.4 Å². The van der Waals surface area contributed by atoms with Crippen LogP contribution in [0.4, 0.5) is 8.78 Å². The van der Waals surface area contributed by atoms with Gasteiger partial charge in [0.25, 0.3) is 0 Å². The zero-order valence-corrected chi connectivity index (χ0v) is 11.1. The Kier molecular flexibility index (Phi) is 4.77. The summed E-state index contributed by atoms with van der Waals surface area (Å²) in [7, 11) is 1.31. The highest BCUT2D eigenvalue weighted by Gasteiger charge is 2.25. The Labute approximate surface area is 106 Å². The second-order valence-electron chi connectivity index (χ2n) is 4.44. The van der Waals surface area contributed by atoms with Gasteiger partial charge in [0.1, 0.15) is 5.82 Å². The average molecular weight is 261 g/mol. The van der Waals surface area contributed by atoms with Crippen LogP contribution in [0.5, 0.6) is 5.75 Å². The summed E-state index contributed by atoms with van der Waals surface area (Å²) in [6.07, 6.45) is 0. The normalized spacial score (nSPS) is 11.6. The standard InChI is InChI=1S/C12H17F2NOS/c1-12(2,6-15-7-17)8-4-10(14)11(16-3)5-9(8)13/h4-5,15,17H,6-7H2,1-3H3. The summed E-state index contributed by atoms with van der Waals surface area (Å²) >= 11 is 4.02. The van der Waals surface area contributed by atoms with Gasteiger partial charge in [-0.25, -0.2) is 8.78 Å².